The van der Waals surface area contributed by atoms with Crippen LogP contribution >= 0.6 is 0 Å². The van der Waals surface area contributed by atoms with Gasteiger partial charge in [-0.05, 0) is 33.9 Å². The lowest BCUT2D eigenvalue weighted by Gasteiger charge is -2.37. The molecule has 0 aromatic rings. The van der Waals surface area contributed by atoms with Crippen LogP contribution in [0.15, 0.2) is 0 Å². The Balaban J connectivity index is 1.91. The number of nitrogens with one attached hydrogen (secondary N) is 2. The van der Waals surface area contributed by atoms with Gasteiger partial charge in [0, 0.05) is 26.2 Å². The molecule has 160 valence electrons. The van der Waals surface area contributed by atoms with Crippen molar-refractivity contribution in [1.29, 1.82) is 0 Å². The van der Waals surface area contributed by atoms with E-state index in [9.17, 15) is 14.4 Å². The van der Waals surface area contributed by atoms with E-state index >= 15 is 0 Å². The molecule has 0 aromatic carbocycles. The third-order valence-corrected chi connectivity index (χ3v) is 5.37. The third kappa shape index (κ3) is 5.21. The average molecular weight is 398 g/mol. The first-order valence-corrected chi connectivity index (χ1v) is 9.94. The molecule has 4 amide bonds. The molecule has 28 heavy (non-hydrogen) atoms. The Hall–Kier alpha value is -1.71. The van der Waals surface area contributed by atoms with E-state index < -0.39 is 5.54 Å². The van der Waals surface area contributed by atoms with Crippen LogP contribution in [-0.4, -0.2) is 104 Å². The second-order valence-electron chi connectivity index (χ2n) is 8.67. The molecule has 1 unspecified atom stereocenters. The van der Waals surface area contributed by atoms with Crippen LogP contribution < -0.4 is 10.6 Å². The summed E-state index contributed by atoms with van der Waals surface area (Å²) in [7, 11) is 3.81. The highest BCUT2D eigenvalue weighted by Gasteiger charge is 2.44. The lowest BCUT2D eigenvalue weighted by Crippen LogP contribution is -2.55. The van der Waals surface area contributed by atoms with Gasteiger partial charge in [0.1, 0.15) is 5.54 Å². The minimum atomic E-state index is -0.854. The second-order valence-corrected chi connectivity index (χ2v) is 8.67. The number of likely N-dealkylation sites (N-methyl/N-ethyl adjacent to an activating group) is 1. The van der Waals surface area contributed by atoms with E-state index in [0.29, 0.717) is 39.4 Å². The lowest BCUT2D eigenvalue weighted by atomic mass is 10.0. The molecule has 0 spiro atoms. The Morgan fingerprint density at radius 3 is 2.54 bits per heavy atom. The molecular formula is C19H35N5O4. The maximum Gasteiger partial charge on any atom is 0.325 e. The number of ether oxygens (including phenoxy) is 1. The quantitative estimate of drug-likeness (QED) is 0.547. The highest BCUT2D eigenvalue weighted by molar-refractivity contribution is 6.06. The molecule has 2 N–H and O–H groups in total. The van der Waals surface area contributed by atoms with Gasteiger partial charge in [-0.3, -0.25) is 24.3 Å². The maximum absolute atomic E-state index is 12.6. The number of urea groups is 1. The summed E-state index contributed by atoms with van der Waals surface area (Å²) in [6.45, 7) is 10.6. The van der Waals surface area contributed by atoms with Crippen molar-refractivity contribution in [3.05, 3.63) is 0 Å². The van der Waals surface area contributed by atoms with Crippen molar-refractivity contribution in [1.82, 2.24) is 25.3 Å². The maximum atomic E-state index is 12.6. The molecule has 0 aliphatic carbocycles. The zero-order chi connectivity index (χ0) is 21.1. The number of carbonyl (C=O) groups is 3. The Morgan fingerprint density at radius 1 is 1.32 bits per heavy atom. The first-order valence-electron chi connectivity index (χ1n) is 9.94. The molecule has 0 radical (unpaired) electrons. The topological polar surface area (TPSA) is 94.2 Å². The van der Waals surface area contributed by atoms with Crippen molar-refractivity contribution >= 4 is 17.8 Å². The predicted octanol–water partition coefficient (Wildman–Crippen LogP) is -0.280. The van der Waals surface area contributed by atoms with E-state index in [1.54, 1.807) is 13.8 Å². The van der Waals surface area contributed by atoms with Gasteiger partial charge >= 0.3 is 6.03 Å². The second kappa shape index (κ2) is 9.19. The number of nitrogens with zero attached hydrogens (tertiary/aromatic N) is 3. The Morgan fingerprint density at radius 2 is 2.00 bits per heavy atom. The normalized spacial score (nSPS) is 24.0. The minimum Gasteiger partial charge on any atom is -0.378 e. The van der Waals surface area contributed by atoms with Crippen LogP contribution in [0.5, 0.6) is 0 Å². The number of rotatable bonds is 8. The first kappa shape index (κ1) is 22.6. The van der Waals surface area contributed by atoms with Crippen LogP contribution in [0, 0.1) is 5.92 Å². The van der Waals surface area contributed by atoms with E-state index in [4.69, 9.17) is 4.74 Å². The zero-order valence-electron chi connectivity index (χ0n) is 17.9. The number of hydrogen-bond acceptors (Lipinski definition) is 6. The van der Waals surface area contributed by atoms with Crippen LogP contribution in [-0.2, 0) is 14.3 Å². The molecule has 2 rings (SSSR count). The molecule has 0 saturated carbocycles. The Kier molecular flexibility index (Phi) is 7.41. The summed E-state index contributed by atoms with van der Waals surface area (Å²) in [4.78, 5) is 42.4. The zero-order valence-corrected chi connectivity index (χ0v) is 17.9. The summed E-state index contributed by atoms with van der Waals surface area (Å²) in [6.07, 6.45) is 0. The summed E-state index contributed by atoms with van der Waals surface area (Å²) in [6, 6.07) is -0.522. The molecule has 0 aromatic heterocycles. The number of hydrogen-bond donors (Lipinski definition) is 2. The van der Waals surface area contributed by atoms with Gasteiger partial charge in [0.15, 0.2) is 0 Å². The van der Waals surface area contributed by atoms with E-state index in [-0.39, 0.29) is 35.8 Å². The standard InChI is InChI=1S/C19H35N5O4/c1-13(2)15(22(5)6)16(25)20-11-14-12-28-10-9-23(14)7-8-24-17(26)19(3,4)21-18(24)27/h13-15H,7-12H2,1-6H3,(H,20,25)(H,21,27)/t14?,15-/m0/s1. The van der Waals surface area contributed by atoms with Gasteiger partial charge in [-0.25, -0.2) is 4.79 Å². The van der Waals surface area contributed by atoms with Crippen molar-refractivity contribution < 1.29 is 19.1 Å². The van der Waals surface area contributed by atoms with Crippen molar-refractivity contribution in [2.24, 2.45) is 5.92 Å². The fourth-order valence-electron chi connectivity index (χ4n) is 3.88. The molecular weight excluding hydrogens is 362 g/mol. The van der Waals surface area contributed by atoms with Crippen LogP contribution in [0.4, 0.5) is 4.79 Å². The Bertz CT molecular complexity index is 585. The molecule has 2 aliphatic rings. The summed E-state index contributed by atoms with van der Waals surface area (Å²) in [5, 5.41) is 5.74. The fraction of sp³-hybridized carbons (Fsp3) is 0.842. The van der Waals surface area contributed by atoms with Crippen molar-refractivity contribution in [3.63, 3.8) is 0 Å². The van der Waals surface area contributed by atoms with Crippen LogP contribution in [0.3, 0.4) is 0 Å². The summed E-state index contributed by atoms with van der Waals surface area (Å²) in [5.41, 5.74) is -0.854. The van der Waals surface area contributed by atoms with E-state index in [1.807, 2.05) is 32.8 Å². The largest absolute Gasteiger partial charge is 0.378 e. The highest BCUT2D eigenvalue weighted by atomic mass is 16.5. The van der Waals surface area contributed by atoms with Gasteiger partial charge < -0.3 is 15.4 Å². The predicted molar refractivity (Wildman–Crippen MR) is 106 cm³/mol. The highest BCUT2D eigenvalue weighted by Crippen LogP contribution is 2.17. The monoisotopic (exact) mass is 397 g/mol. The summed E-state index contributed by atoms with van der Waals surface area (Å²) >= 11 is 0. The number of morpholine rings is 1. The summed E-state index contributed by atoms with van der Waals surface area (Å²) < 4.78 is 5.58. The molecule has 2 atom stereocenters. The number of carbonyl (C=O) groups excluding carboxylic acids is 3. The van der Waals surface area contributed by atoms with Gasteiger partial charge in [0.25, 0.3) is 5.91 Å². The van der Waals surface area contributed by atoms with Gasteiger partial charge in [0.05, 0.1) is 25.3 Å². The Labute approximate surface area is 167 Å². The van der Waals surface area contributed by atoms with E-state index in [2.05, 4.69) is 15.5 Å². The SMILES string of the molecule is CC(C)[C@@H](C(=O)NCC1COCCN1CCN1C(=O)NC(C)(C)C1=O)N(C)C. The molecule has 2 saturated heterocycles. The van der Waals surface area contributed by atoms with E-state index in [0.717, 1.165) is 0 Å². The van der Waals surface area contributed by atoms with Gasteiger partial charge in [-0.2, -0.15) is 0 Å². The first-order chi connectivity index (χ1) is 13.0. The number of amides is 4. The minimum absolute atomic E-state index is 0.00127. The fourth-order valence-corrected chi connectivity index (χ4v) is 3.88. The molecule has 2 fully saturated rings. The average Bonchev–Trinajstić information content (AvgIpc) is 2.78. The smallest absolute Gasteiger partial charge is 0.325 e. The van der Waals surface area contributed by atoms with Crippen LogP contribution in [0.25, 0.3) is 0 Å². The molecule has 2 aliphatic heterocycles. The van der Waals surface area contributed by atoms with Crippen molar-refractivity contribution in [2.45, 2.75) is 45.3 Å². The molecule has 9 nitrogen and oxygen atoms in total. The molecule has 0 bridgehead atoms. The van der Waals surface area contributed by atoms with Crippen molar-refractivity contribution in [2.75, 3.05) is 53.5 Å². The van der Waals surface area contributed by atoms with Crippen LogP contribution in [0.2, 0.25) is 0 Å². The van der Waals surface area contributed by atoms with Crippen molar-refractivity contribution in [3.8, 4) is 0 Å². The molecule has 2 heterocycles. The van der Waals surface area contributed by atoms with Gasteiger partial charge in [0.2, 0.25) is 5.91 Å². The number of imide groups is 1. The van der Waals surface area contributed by atoms with E-state index in [1.165, 1.54) is 4.90 Å². The molecule has 9 heteroatoms. The third-order valence-electron chi connectivity index (χ3n) is 5.37. The van der Waals surface area contributed by atoms with Gasteiger partial charge in [-0.1, -0.05) is 13.8 Å². The lowest BCUT2D eigenvalue weighted by molar-refractivity contribution is -0.130. The van der Waals surface area contributed by atoms with Crippen LogP contribution in [0.1, 0.15) is 27.7 Å². The van der Waals surface area contributed by atoms with Gasteiger partial charge in [-0.15, -0.1) is 0 Å². The summed E-state index contributed by atoms with van der Waals surface area (Å²) in [5.74, 6) is -0.000466.